The van der Waals surface area contributed by atoms with E-state index in [0.29, 0.717) is 24.1 Å². The van der Waals surface area contributed by atoms with Crippen LogP contribution in [0.2, 0.25) is 0 Å². The van der Waals surface area contributed by atoms with Gasteiger partial charge in [0.1, 0.15) is 16.6 Å². The van der Waals surface area contributed by atoms with Gasteiger partial charge in [-0.15, -0.1) is 0 Å². The summed E-state index contributed by atoms with van der Waals surface area (Å²) < 4.78 is 7.46. The monoisotopic (exact) mass is 451 g/mol. The maximum Gasteiger partial charge on any atom is 0.407 e. The van der Waals surface area contributed by atoms with Crippen LogP contribution in [0.25, 0.3) is 11.0 Å². The SMILES string of the molecule is Cc1ccccc1Cn1c(N2CCC[C@@H](NC(=O)OC(C)(C)C)C2)nc2c(C)c[nH]c(=O)c21. The van der Waals surface area contributed by atoms with Gasteiger partial charge in [-0.05, 0) is 64.2 Å². The van der Waals surface area contributed by atoms with Gasteiger partial charge in [-0.25, -0.2) is 9.78 Å². The number of aromatic nitrogens is 3. The molecule has 0 spiro atoms. The Morgan fingerprint density at radius 1 is 1.24 bits per heavy atom. The Balaban J connectivity index is 1.69. The highest BCUT2D eigenvalue weighted by Crippen LogP contribution is 2.27. The summed E-state index contributed by atoms with van der Waals surface area (Å²) in [6, 6.07) is 8.13. The number of hydrogen-bond acceptors (Lipinski definition) is 5. The average molecular weight is 452 g/mol. The van der Waals surface area contributed by atoms with Gasteiger partial charge >= 0.3 is 6.09 Å². The highest BCUT2D eigenvalue weighted by Gasteiger charge is 2.28. The van der Waals surface area contributed by atoms with Crippen LogP contribution >= 0.6 is 0 Å². The summed E-state index contributed by atoms with van der Waals surface area (Å²) in [6.45, 7) is 11.6. The molecule has 3 aromatic rings. The molecule has 0 aliphatic carbocycles. The Morgan fingerprint density at radius 3 is 2.73 bits per heavy atom. The smallest absolute Gasteiger partial charge is 0.407 e. The molecule has 2 aromatic heterocycles. The molecule has 2 N–H and O–H groups in total. The Bertz CT molecular complexity index is 1220. The lowest BCUT2D eigenvalue weighted by molar-refractivity contribution is 0.0500. The molecule has 176 valence electrons. The minimum absolute atomic E-state index is 0.0558. The summed E-state index contributed by atoms with van der Waals surface area (Å²) >= 11 is 0. The highest BCUT2D eigenvalue weighted by molar-refractivity contribution is 5.81. The molecule has 3 heterocycles. The molecule has 0 radical (unpaired) electrons. The van der Waals surface area contributed by atoms with E-state index in [1.54, 1.807) is 6.20 Å². The fourth-order valence-corrected chi connectivity index (χ4v) is 4.36. The number of alkyl carbamates (subject to hydrolysis) is 1. The van der Waals surface area contributed by atoms with Crippen molar-refractivity contribution in [1.82, 2.24) is 19.9 Å². The molecule has 1 fully saturated rings. The summed E-state index contributed by atoms with van der Waals surface area (Å²) in [5, 5.41) is 3.00. The van der Waals surface area contributed by atoms with Crippen LogP contribution < -0.4 is 15.8 Å². The molecule has 0 unspecified atom stereocenters. The fourth-order valence-electron chi connectivity index (χ4n) is 4.36. The maximum atomic E-state index is 12.9. The van der Waals surface area contributed by atoms with E-state index in [2.05, 4.69) is 34.3 Å². The van der Waals surface area contributed by atoms with Gasteiger partial charge in [-0.1, -0.05) is 24.3 Å². The van der Waals surface area contributed by atoms with Crippen LogP contribution in [0.15, 0.2) is 35.3 Å². The first-order valence-electron chi connectivity index (χ1n) is 11.5. The van der Waals surface area contributed by atoms with Crippen molar-refractivity contribution in [2.24, 2.45) is 0 Å². The number of piperidine rings is 1. The van der Waals surface area contributed by atoms with Crippen molar-refractivity contribution in [3.8, 4) is 0 Å². The summed E-state index contributed by atoms with van der Waals surface area (Å²) in [5.74, 6) is 0.753. The third kappa shape index (κ3) is 5.05. The topological polar surface area (TPSA) is 92.2 Å². The number of anilines is 1. The number of amides is 1. The van der Waals surface area contributed by atoms with Gasteiger partial charge < -0.3 is 24.5 Å². The predicted octanol–water partition coefficient (Wildman–Crippen LogP) is 3.88. The van der Waals surface area contributed by atoms with Crippen LogP contribution in [-0.4, -0.2) is 45.4 Å². The van der Waals surface area contributed by atoms with Crippen LogP contribution in [0.4, 0.5) is 10.7 Å². The second kappa shape index (κ2) is 8.92. The lowest BCUT2D eigenvalue weighted by atomic mass is 10.1. The molecule has 0 saturated carbocycles. The summed E-state index contributed by atoms with van der Waals surface area (Å²) in [7, 11) is 0. The molecule has 8 nitrogen and oxygen atoms in total. The first-order valence-corrected chi connectivity index (χ1v) is 11.5. The van der Waals surface area contributed by atoms with E-state index in [-0.39, 0.29) is 11.6 Å². The van der Waals surface area contributed by atoms with Crippen molar-refractivity contribution in [3.05, 3.63) is 57.5 Å². The zero-order valence-electron chi connectivity index (χ0n) is 20.1. The van der Waals surface area contributed by atoms with Gasteiger partial charge in [0.2, 0.25) is 5.95 Å². The van der Waals surface area contributed by atoms with E-state index in [4.69, 9.17) is 9.72 Å². The minimum atomic E-state index is -0.543. The van der Waals surface area contributed by atoms with E-state index >= 15 is 0 Å². The van der Waals surface area contributed by atoms with E-state index in [1.807, 2.05) is 44.4 Å². The number of hydrogen-bond donors (Lipinski definition) is 2. The predicted molar refractivity (Wildman–Crippen MR) is 130 cm³/mol. The van der Waals surface area contributed by atoms with Crippen LogP contribution in [0.5, 0.6) is 0 Å². The zero-order chi connectivity index (χ0) is 23.8. The highest BCUT2D eigenvalue weighted by atomic mass is 16.6. The Hall–Kier alpha value is -3.29. The van der Waals surface area contributed by atoms with Gasteiger partial charge in [0, 0.05) is 25.3 Å². The summed E-state index contributed by atoms with van der Waals surface area (Å²) in [4.78, 5) is 35.1. The zero-order valence-corrected chi connectivity index (χ0v) is 20.1. The van der Waals surface area contributed by atoms with E-state index in [0.717, 1.165) is 42.0 Å². The van der Waals surface area contributed by atoms with Crippen LogP contribution in [0.1, 0.15) is 50.3 Å². The molecule has 1 aromatic carbocycles. The number of nitrogens with zero attached hydrogens (tertiary/aromatic N) is 3. The largest absolute Gasteiger partial charge is 0.444 e. The molecule has 1 aliphatic rings. The number of imidazole rings is 1. The lowest BCUT2D eigenvalue weighted by Crippen LogP contribution is -2.49. The van der Waals surface area contributed by atoms with E-state index in [1.165, 1.54) is 0 Å². The lowest BCUT2D eigenvalue weighted by Gasteiger charge is -2.34. The molecule has 0 bridgehead atoms. The first kappa shape index (κ1) is 22.9. The third-order valence-electron chi connectivity index (χ3n) is 5.97. The number of H-pyrrole nitrogens is 1. The normalized spacial score (nSPS) is 16.8. The van der Waals surface area contributed by atoms with Crippen LogP contribution in [0, 0.1) is 13.8 Å². The molecule has 1 aliphatic heterocycles. The Labute approximate surface area is 194 Å². The van der Waals surface area contributed by atoms with Gasteiger partial charge in [-0.2, -0.15) is 0 Å². The van der Waals surface area contributed by atoms with Crippen LogP contribution in [0.3, 0.4) is 0 Å². The van der Waals surface area contributed by atoms with Crippen molar-refractivity contribution >= 4 is 23.1 Å². The number of pyridine rings is 1. The number of carbonyl (C=O) groups is 1. The number of carbonyl (C=O) groups excluding carboxylic acids is 1. The first-order chi connectivity index (χ1) is 15.6. The fraction of sp³-hybridized carbons (Fsp3) is 0.480. The van der Waals surface area contributed by atoms with Gasteiger partial charge in [0.25, 0.3) is 5.56 Å². The average Bonchev–Trinajstić information content (AvgIpc) is 3.12. The summed E-state index contributed by atoms with van der Waals surface area (Å²) in [6.07, 6.45) is 3.08. The van der Waals surface area contributed by atoms with Crippen LogP contribution in [-0.2, 0) is 11.3 Å². The van der Waals surface area contributed by atoms with Crippen molar-refractivity contribution in [3.63, 3.8) is 0 Å². The molecule has 1 atom stereocenters. The van der Waals surface area contributed by atoms with Gasteiger partial charge in [0.15, 0.2) is 0 Å². The number of nitrogens with one attached hydrogen (secondary N) is 2. The number of benzene rings is 1. The van der Waals surface area contributed by atoms with E-state index < -0.39 is 11.7 Å². The Morgan fingerprint density at radius 2 is 2.00 bits per heavy atom. The Kier molecular flexibility index (Phi) is 6.19. The minimum Gasteiger partial charge on any atom is -0.444 e. The molecule has 1 saturated heterocycles. The second-order valence-electron chi connectivity index (χ2n) is 9.85. The molecular formula is C25H33N5O3. The molecule has 33 heavy (non-hydrogen) atoms. The molecular weight excluding hydrogens is 418 g/mol. The number of rotatable bonds is 4. The number of aromatic amines is 1. The maximum absolute atomic E-state index is 12.9. The number of fused-ring (bicyclic) bond motifs is 1. The standard InChI is InChI=1S/C25H33N5O3/c1-16-9-6-7-10-18(16)14-30-21-20(17(2)13-26-22(21)31)28-23(30)29-12-8-11-19(15-29)27-24(32)33-25(3,4)5/h6-7,9-10,13,19H,8,11-12,14-15H2,1-5H3,(H,26,31)(H,27,32)/t19-/m1/s1. The van der Waals surface area contributed by atoms with Crippen molar-refractivity contribution in [1.29, 1.82) is 0 Å². The molecule has 1 amide bonds. The molecule has 8 heteroatoms. The van der Waals surface area contributed by atoms with E-state index in [9.17, 15) is 9.59 Å². The van der Waals surface area contributed by atoms with Gasteiger partial charge in [-0.3, -0.25) is 4.79 Å². The molecule has 4 rings (SSSR count). The third-order valence-corrected chi connectivity index (χ3v) is 5.97. The van der Waals surface area contributed by atoms with Gasteiger partial charge in [0.05, 0.1) is 6.54 Å². The number of aryl methyl sites for hydroxylation is 2. The summed E-state index contributed by atoms with van der Waals surface area (Å²) in [5.41, 5.74) is 3.83. The quantitative estimate of drug-likeness (QED) is 0.628. The van der Waals surface area contributed by atoms with Crippen molar-refractivity contribution in [2.45, 2.75) is 65.6 Å². The van der Waals surface area contributed by atoms with Crippen molar-refractivity contribution in [2.75, 3.05) is 18.0 Å². The second-order valence-corrected chi connectivity index (χ2v) is 9.85. The van der Waals surface area contributed by atoms with Crippen molar-refractivity contribution < 1.29 is 9.53 Å². The number of ether oxygens (including phenoxy) is 1.